The first kappa shape index (κ1) is 16.3. The predicted octanol–water partition coefficient (Wildman–Crippen LogP) is 3.28. The zero-order valence-corrected chi connectivity index (χ0v) is 13.8. The molecule has 2 aromatic heterocycles. The number of carbonyl (C=O) groups is 1. The molecule has 1 N–H and O–H groups in total. The first-order valence-electron chi connectivity index (χ1n) is 7.97. The van der Waals surface area contributed by atoms with Gasteiger partial charge in [0.05, 0.1) is 11.9 Å². The number of rotatable bonds is 7. The van der Waals surface area contributed by atoms with E-state index in [-0.39, 0.29) is 5.91 Å². The van der Waals surface area contributed by atoms with Crippen molar-refractivity contribution < 1.29 is 4.79 Å². The average molecular weight is 303 g/mol. The molecule has 0 atom stereocenters. The third kappa shape index (κ3) is 3.55. The minimum Gasteiger partial charge on any atom is -0.305 e. The Morgan fingerprint density at radius 3 is 2.73 bits per heavy atom. The van der Waals surface area contributed by atoms with Crippen molar-refractivity contribution in [1.29, 1.82) is 0 Å². The topological polar surface area (TPSA) is 64.7 Å². The molecule has 0 aliphatic heterocycles. The average Bonchev–Trinajstić information content (AvgIpc) is 3.11. The second-order valence-electron chi connectivity index (χ2n) is 5.67. The van der Waals surface area contributed by atoms with E-state index in [0.717, 1.165) is 30.9 Å². The van der Waals surface area contributed by atoms with Crippen LogP contribution in [0.25, 0.3) is 0 Å². The molecule has 0 aliphatic rings. The van der Waals surface area contributed by atoms with E-state index in [2.05, 4.69) is 36.3 Å². The number of hydrogen-bond acceptors (Lipinski definition) is 3. The van der Waals surface area contributed by atoms with Crippen molar-refractivity contribution in [2.75, 3.05) is 5.32 Å². The summed E-state index contributed by atoms with van der Waals surface area (Å²) >= 11 is 0. The highest BCUT2D eigenvalue weighted by molar-refractivity contribution is 6.02. The SMILES string of the molecule is CCCCn1nccc1NC(=O)c1cc(C(C)C)nn1CC. The van der Waals surface area contributed by atoms with Crippen molar-refractivity contribution in [2.24, 2.45) is 0 Å². The van der Waals surface area contributed by atoms with Crippen LogP contribution in [0.1, 0.15) is 62.6 Å². The summed E-state index contributed by atoms with van der Waals surface area (Å²) in [7, 11) is 0. The summed E-state index contributed by atoms with van der Waals surface area (Å²) in [4.78, 5) is 12.5. The summed E-state index contributed by atoms with van der Waals surface area (Å²) in [5.41, 5.74) is 1.53. The normalized spacial score (nSPS) is 11.1. The van der Waals surface area contributed by atoms with Crippen LogP contribution in [-0.4, -0.2) is 25.5 Å². The first-order chi connectivity index (χ1) is 10.6. The maximum Gasteiger partial charge on any atom is 0.275 e. The third-order valence-corrected chi connectivity index (χ3v) is 3.60. The summed E-state index contributed by atoms with van der Waals surface area (Å²) in [6.07, 6.45) is 3.84. The van der Waals surface area contributed by atoms with Gasteiger partial charge in [0, 0.05) is 19.2 Å². The monoisotopic (exact) mass is 303 g/mol. The molecule has 0 spiro atoms. The van der Waals surface area contributed by atoms with Gasteiger partial charge in [-0.1, -0.05) is 27.2 Å². The number of nitrogens with zero attached hydrogens (tertiary/aromatic N) is 4. The van der Waals surface area contributed by atoms with E-state index in [9.17, 15) is 4.79 Å². The predicted molar refractivity (Wildman–Crippen MR) is 87.1 cm³/mol. The Bertz CT molecular complexity index is 626. The molecule has 0 fully saturated rings. The highest BCUT2D eigenvalue weighted by Crippen LogP contribution is 2.16. The van der Waals surface area contributed by atoms with Crippen LogP contribution in [0.4, 0.5) is 5.82 Å². The van der Waals surface area contributed by atoms with Gasteiger partial charge in [0.1, 0.15) is 11.5 Å². The van der Waals surface area contributed by atoms with E-state index in [0.29, 0.717) is 18.2 Å². The second-order valence-corrected chi connectivity index (χ2v) is 5.67. The molecule has 0 radical (unpaired) electrons. The number of amides is 1. The van der Waals surface area contributed by atoms with E-state index in [4.69, 9.17) is 0 Å². The molecule has 0 saturated carbocycles. The van der Waals surface area contributed by atoms with Crippen molar-refractivity contribution >= 4 is 11.7 Å². The van der Waals surface area contributed by atoms with Crippen molar-refractivity contribution in [3.63, 3.8) is 0 Å². The van der Waals surface area contributed by atoms with Crippen LogP contribution in [0, 0.1) is 0 Å². The van der Waals surface area contributed by atoms with Gasteiger partial charge in [-0.25, -0.2) is 4.68 Å². The Morgan fingerprint density at radius 2 is 2.09 bits per heavy atom. The lowest BCUT2D eigenvalue weighted by molar-refractivity contribution is 0.101. The second kappa shape index (κ2) is 7.24. The van der Waals surface area contributed by atoms with Gasteiger partial charge >= 0.3 is 0 Å². The fourth-order valence-electron chi connectivity index (χ4n) is 2.25. The smallest absolute Gasteiger partial charge is 0.275 e. The summed E-state index contributed by atoms with van der Waals surface area (Å²) in [5.74, 6) is 0.891. The van der Waals surface area contributed by atoms with Gasteiger partial charge in [-0.2, -0.15) is 10.2 Å². The number of aryl methyl sites for hydroxylation is 2. The molecule has 0 unspecified atom stereocenters. The fourth-order valence-corrected chi connectivity index (χ4v) is 2.25. The first-order valence-corrected chi connectivity index (χ1v) is 7.97. The lowest BCUT2D eigenvalue weighted by atomic mass is 10.1. The molecule has 0 aromatic carbocycles. The molecule has 1 amide bonds. The van der Waals surface area contributed by atoms with Crippen LogP contribution in [0.5, 0.6) is 0 Å². The fraction of sp³-hybridized carbons (Fsp3) is 0.562. The van der Waals surface area contributed by atoms with Crippen molar-refractivity contribution in [2.45, 2.75) is 59.5 Å². The number of nitrogens with one attached hydrogen (secondary N) is 1. The van der Waals surface area contributed by atoms with Crippen LogP contribution >= 0.6 is 0 Å². The van der Waals surface area contributed by atoms with Gasteiger partial charge in [-0.05, 0) is 25.3 Å². The summed E-state index contributed by atoms with van der Waals surface area (Å²) in [6.45, 7) is 9.75. The van der Waals surface area contributed by atoms with Crippen LogP contribution in [0.3, 0.4) is 0 Å². The molecule has 6 nitrogen and oxygen atoms in total. The number of carbonyl (C=O) groups excluding carboxylic acids is 1. The Balaban J connectivity index is 2.17. The summed E-state index contributed by atoms with van der Waals surface area (Å²) in [6, 6.07) is 3.69. The maximum absolute atomic E-state index is 12.5. The molecular weight excluding hydrogens is 278 g/mol. The standard InChI is InChI=1S/C16H25N5O/c1-5-7-10-21-15(8-9-17-21)18-16(22)14-11-13(12(3)4)19-20(14)6-2/h8-9,11-12H,5-7,10H2,1-4H3,(H,18,22). The third-order valence-electron chi connectivity index (χ3n) is 3.60. The van der Waals surface area contributed by atoms with E-state index >= 15 is 0 Å². The van der Waals surface area contributed by atoms with Gasteiger partial charge in [0.2, 0.25) is 0 Å². The number of aromatic nitrogens is 4. The summed E-state index contributed by atoms with van der Waals surface area (Å²) in [5, 5.41) is 11.7. The van der Waals surface area contributed by atoms with Gasteiger partial charge in [0.25, 0.3) is 5.91 Å². The Labute approximate surface area is 131 Å². The van der Waals surface area contributed by atoms with Gasteiger partial charge < -0.3 is 5.32 Å². The molecule has 120 valence electrons. The van der Waals surface area contributed by atoms with Crippen LogP contribution in [0.2, 0.25) is 0 Å². The highest BCUT2D eigenvalue weighted by Gasteiger charge is 2.17. The molecule has 0 saturated heterocycles. The lowest BCUT2D eigenvalue weighted by Gasteiger charge is -2.09. The van der Waals surface area contributed by atoms with E-state index in [1.807, 2.05) is 23.7 Å². The number of unbranched alkanes of at least 4 members (excludes halogenated alkanes) is 1. The van der Waals surface area contributed by atoms with E-state index in [1.54, 1.807) is 10.9 Å². The molecule has 0 bridgehead atoms. The number of hydrogen-bond donors (Lipinski definition) is 1. The largest absolute Gasteiger partial charge is 0.305 e. The van der Waals surface area contributed by atoms with Crippen LogP contribution in [0.15, 0.2) is 18.3 Å². The molecule has 22 heavy (non-hydrogen) atoms. The van der Waals surface area contributed by atoms with E-state index < -0.39 is 0 Å². The maximum atomic E-state index is 12.5. The lowest BCUT2D eigenvalue weighted by Crippen LogP contribution is -2.19. The van der Waals surface area contributed by atoms with Crippen LogP contribution < -0.4 is 5.32 Å². The highest BCUT2D eigenvalue weighted by atomic mass is 16.2. The Hall–Kier alpha value is -2.11. The van der Waals surface area contributed by atoms with Crippen molar-refractivity contribution in [3.05, 3.63) is 29.7 Å². The quantitative estimate of drug-likeness (QED) is 0.853. The molecule has 2 rings (SSSR count). The van der Waals surface area contributed by atoms with Crippen LogP contribution in [-0.2, 0) is 13.1 Å². The Morgan fingerprint density at radius 1 is 1.32 bits per heavy atom. The molecule has 2 heterocycles. The van der Waals surface area contributed by atoms with Gasteiger partial charge in [0.15, 0.2) is 0 Å². The molecular formula is C16H25N5O. The van der Waals surface area contributed by atoms with Gasteiger partial charge in [-0.15, -0.1) is 0 Å². The van der Waals surface area contributed by atoms with Crippen molar-refractivity contribution in [3.8, 4) is 0 Å². The molecule has 0 aliphatic carbocycles. The molecule has 6 heteroatoms. The minimum atomic E-state index is -0.139. The van der Waals surface area contributed by atoms with Gasteiger partial charge in [-0.3, -0.25) is 9.48 Å². The molecule has 2 aromatic rings. The number of anilines is 1. The zero-order valence-electron chi connectivity index (χ0n) is 13.8. The Kier molecular flexibility index (Phi) is 5.35. The van der Waals surface area contributed by atoms with Crippen molar-refractivity contribution in [1.82, 2.24) is 19.6 Å². The summed E-state index contributed by atoms with van der Waals surface area (Å²) < 4.78 is 3.58. The zero-order chi connectivity index (χ0) is 16.1. The minimum absolute atomic E-state index is 0.139. The van der Waals surface area contributed by atoms with E-state index in [1.165, 1.54) is 0 Å².